The van der Waals surface area contributed by atoms with E-state index in [9.17, 15) is 4.79 Å². The average molecular weight is 435 g/mol. The first kappa shape index (κ1) is 22.2. The van der Waals surface area contributed by atoms with E-state index in [1.165, 1.54) is 11.1 Å². The number of rotatable bonds is 5. The molecule has 2 aromatic carbocycles. The van der Waals surface area contributed by atoms with Crippen LogP contribution in [0.15, 0.2) is 48.5 Å². The molecule has 1 aromatic heterocycles. The van der Waals surface area contributed by atoms with Gasteiger partial charge in [0.1, 0.15) is 5.60 Å². The Hall–Kier alpha value is -3.02. The minimum Gasteiger partial charge on any atom is -0.444 e. The molecule has 2 heterocycles. The number of carbonyl (C=O) groups is 1. The number of benzene rings is 2. The number of amides is 1. The van der Waals surface area contributed by atoms with Crippen LogP contribution in [0.25, 0.3) is 11.0 Å². The van der Waals surface area contributed by atoms with E-state index in [1.807, 2.05) is 31.7 Å². The zero-order chi connectivity index (χ0) is 22.7. The molecule has 170 valence electrons. The van der Waals surface area contributed by atoms with E-state index in [1.54, 1.807) is 0 Å². The SMILES string of the molecule is Cc1ccccc1Cn1c(NCC2CCCN(C(=O)OC(C)(C)C)C2)nc2ccccc21. The molecule has 6 heteroatoms. The number of piperidine rings is 1. The monoisotopic (exact) mass is 434 g/mol. The van der Waals surface area contributed by atoms with E-state index in [-0.39, 0.29) is 6.09 Å². The predicted octanol–water partition coefficient (Wildman–Crippen LogP) is 5.45. The lowest BCUT2D eigenvalue weighted by molar-refractivity contribution is 0.0172. The smallest absolute Gasteiger partial charge is 0.410 e. The summed E-state index contributed by atoms with van der Waals surface area (Å²) in [6, 6.07) is 16.7. The summed E-state index contributed by atoms with van der Waals surface area (Å²) in [5.74, 6) is 1.24. The number of anilines is 1. The van der Waals surface area contributed by atoms with Crippen LogP contribution in [-0.2, 0) is 11.3 Å². The number of nitrogens with zero attached hydrogens (tertiary/aromatic N) is 3. The van der Waals surface area contributed by atoms with Crippen molar-refractivity contribution in [1.29, 1.82) is 0 Å². The predicted molar refractivity (Wildman–Crippen MR) is 129 cm³/mol. The molecule has 1 fully saturated rings. The van der Waals surface area contributed by atoms with Crippen molar-refractivity contribution in [1.82, 2.24) is 14.5 Å². The van der Waals surface area contributed by atoms with Crippen molar-refractivity contribution in [2.45, 2.75) is 52.7 Å². The lowest BCUT2D eigenvalue weighted by Crippen LogP contribution is -2.44. The number of para-hydroxylation sites is 2. The van der Waals surface area contributed by atoms with Crippen LogP contribution in [0.5, 0.6) is 0 Å². The largest absolute Gasteiger partial charge is 0.444 e. The average Bonchev–Trinajstić information content (AvgIpc) is 3.10. The Morgan fingerprint density at radius 2 is 1.91 bits per heavy atom. The summed E-state index contributed by atoms with van der Waals surface area (Å²) >= 11 is 0. The maximum atomic E-state index is 12.5. The van der Waals surface area contributed by atoms with Crippen LogP contribution in [0.2, 0.25) is 0 Å². The number of imidazole rings is 1. The van der Waals surface area contributed by atoms with Crippen LogP contribution in [-0.4, -0.2) is 45.8 Å². The molecule has 0 saturated carbocycles. The summed E-state index contributed by atoms with van der Waals surface area (Å²) < 4.78 is 7.83. The van der Waals surface area contributed by atoms with Gasteiger partial charge < -0.3 is 19.5 Å². The molecule has 0 spiro atoms. The van der Waals surface area contributed by atoms with Crippen molar-refractivity contribution < 1.29 is 9.53 Å². The van der Waals surface area contributed by atoms with Crippen molar-refractivity contribution >= 4 is 23.1 Å². The van der Waals surface area contributed by atoms with Gasteiger partial charge in [-0.05, 0) is 69.7 Å². The fourth-order valence-corrected chi connectivity index (χ4v) is 4.29. The van der Waals surface area contributed by atoms with E-state index in [2.05, 4.69) is 59.3 Å². The summed E-state index contributed by atoms with van der Waals surface area (Å²) in [7, 11) is 0. The Morgan fingerprint density at radius 1 is 1.16 bits per heavy atom. The van der Waals surface area contributed by atoms with Crippen LogP contribution in [0, 0.1) is 12.8 Å². The van der Waals surface area contributed by atoms with Crippen LogP contribution in [0.3, 0.4) is 0 Å². The quantitative estimate of drug-likeness (QED) is 0.580. The van der Waals surface area contributed by atoms with Crippen molar-refractivity contribution in [3.63, 3.8) is 0 Å². The molecule has 4 rings (SSSR count). The minimum atomic E-state index is -0.470. The topological polar surface area (TPSA) is 59.4 Å². The van der Waals surface area contributed by atoms with Gasteiger partial charge in [0.15, 0.2) is 0 Å². The van der Waals surface area contributed by atoms with Gasteiger partial charge in [0.05, 0.1) is 17.6 Å². The van der Waals surface area contributed by atoms with E-state index in [0.717, 1.165) is 49.5 Å². The van der Waals surface area contributed by atoms with Gasteiger partial charge in [-0.1, -0.05) is 36.4 Å². The second-order valence-corrected chi connectivity index (χ2v) is 9.75. The second-order valence-electron chi connectivity index (χ2n) is 9.75. The Labute approximate surface area is 190 Å². The van der Waals surface area contributed by atoms with Gasteiger partial charge in [0, 0.05) is 19.6 Å². The maximum absolute atomic E-state index is 12.5. The zero-order valence-electron chi connectivity index (χ0n) is 19.6. The highest BCUT2D eigenvalue weighted by Gasteiger charge is 2.27. The summed E-state index contributed by atoms with van der Waals surface area (Å²) in [6.07, 6.45) is 1.87. The minimum absolute atomic E-state index is 0.214. The summed E-state index contributed by atoms with van der Waals surface area (Å²) in [4.78, 5) is 19.2. The molecule has 0 bridgehead atoms. The lowest BCUT2D eigenvalue weighted by atomic mass is 9.98. The lowest BCUT2D eigenvalue weighted by Gasteiger charge is -2.34. The van der Waals surface area contributed by atoms with Crippen LogP contribution in [0.4, 0.5) is 10.7 Å². The van der Waals surface area contributed by atoms with Crippen molar-refractivity contribution in [3.8, 4) is 0 Å². The number of fused-ring (bicyclic) bond motifs is 1. The van der Waals surface area contributed by atoms with Gasteiger partial charge in [0.25, 0.3) is 0 Å². The van der Waals surface area contributed by atoms with Crippen LogP contribution < -0.4 is 5.32 Å². The first-order valence-corrected chi connectivity index (χ1v) is 11.5. The molecule has 1 aliphatic rings. The molecule has 6 nitrogen and oxygen atoms in total. The third-order valence-corrected chi connectivity index (χ3v) is 5.96. The second kappa shape index (κ2) is 9.23. The molecule has 1 atom stereocenters. The number of hydrogen-bond donors (Lipinski definition) is 1. The highest BCUT2D eigenvalue weighted by molar-refractivity contribution is 5.78. The van der Waals surface area contributed by atoms with E-state index in [4.69, 9.17) is 9.72 Å². The zero-order valence-corrected chi connectivity index (χ0v) is 19.6. The molecule has 0 aliphatic carbocycles. The molecular weight excluding hydrogens is 400 g/mol. The van der Waals surface area contributed by atoms with Crippen molar-refractivity contribution in [3.05, 3.63) is 59.7 Å². The molecule has 1 unspecified atom stereocenters. The van der Waals surface area contributed by atoms with Gasteiger partial charge in [-0.15, -0.1) is 0 Å². The molecule has 32 heavy (non-hydrogen) atoms. The number of likely N-dealkylation sites (tertiary alicyclic amines) is 1. The summed E-state index contributed by atoms with van der Waals surface area (Å²) in [5.41, 5.74) is 4.20. The third kappa shape index (κ3) is 5.23. The fraction of sp³-hybridized carbons (Fsp3) is 0.462. The molecule has 1 amide bonds. The first-order valence-electron chi connectivity index (χ1n) is 11.5. The Bertz CT molecular complexity index is 1080. The number of nitrogens with one attached hydrogen (secondary N) is 1. The first-order chi connectivity index (χ1) is 15.3. The Kier molecular flexibility index (Phi) is 6.40. The number of aromatic nitrogens is 2. The molecule has 1 aliphatic heterocycles. The van der Waals surface area contributed by atoms with Crippen LogP contribution in [0.1, 0.15) is 44.7 Å². The molecule has 1 saturated heterocycles. The molecule has 3 aromatic rings. The van der Waals surface area contributed by atoms with E-state index >= 15 is 0 Å². The molecule has 1 N–H and O–H groups in total. The number of carbonyl (C=O) groups excluding carboxylic acids is 1. The number of aryl methyl sites for hydroxylation is 1. The third-order valence-electron chi connectivity index (χ3n) is 5.96. The molecule has 0 radical (unpaired) electrons. The van der Waals surface area contributed by atoms with Crippen molar-refractivity contribution in [2.75, 3.05) is 25.0 Å². The summed E-state index contributed by atoms with van der Waals surface area (Å²) in [6.45, 7) is 10.9. The number of ether oxygens (including phenoxy) is 1. The van der Waals surface area contributed by atoms with Gasteiger partial charge >= 0.3 is 6.09 Å². The normalized spacial score (nSPS) is 16.9. The van der Waals surface area contributed by atoms with Gasteiger partial charge in [0.2, 0.25) is 5.95 Å². The van der Waals surface area contributed by atoms with E-state index < -0.39 is 5.60 Å². The number of hydrogen-bond acceptors (Lipinski definition) is 4. The highest BCUT2D eigenvalue weighted by atomic mass is 16.6. The molecular formula is C26H34N4O2. The highest BCUT2D eigenvalue weighted by Crippen LogP contribution is 2.24. The van der Waals surface area contributed by atoms with Crippen molar-refractivity contribution in [2.24, 2.45) is 5.92 Å². The standard InChI is InChI=1S/C26H34N4O2/c1-19-10-5-6-12-21(19)18-30-23-14-8-7-13-22(23)28-24(30)27-16-20-11-9-15-29(17-20)25(31)32-26(2,3)4/h5-8,10,12-14,20H,9,11,15-18H2,1-4H3,(H,27,28). The Balaban J connectivity index is 1.48. The fourth-order valence-electron chi connectivity index (χ4n) is 4.29. The van der Waals surface area contributed by atoms with Gasteiger partial charge in [-0.2, -0.15) is 0 Å². The van der Waals surface area contributed by atoms with E-state index in [0.29, 0.717) is 12.5 Å². The van der Waals surface area contributed by atoms with Crippen LogP contribution >= 0.6 is 0 Å². The Morgan fingerprint density at radius 3 is 2.69 bits per heavy atom. The summed E-state index contributed by atoms with van der Waals surface area (Å²) in [5, 5.41) is 3.59. The van der Waals surface area contributed by atoms with Gasteiger partial charge in [-0.25, -0.2) is 9.78 Å². The van der Waals surface area contributed by atoms with Gasteiger partial charge in [-0.3, -0.25) is 0 Å². The maximum Gasteiger partial charge on any atom is 0.410 e.